The Morgan fingerprint density at radius 2 is 2.20 bits per heavy atom. The molecule has 1 amide bonds. The molecule has 7 nitrogen and oxygen atoms in total. The molecular formula is C18H22N6O. The zero-order valence-corrected chi connectivity index (χ0v) is 14.0. The minimum atomic E-state index is -0.0345. The highest BCUT2D eigenvalue weighted by molar-refractivity contribution is 5.99. The van der Waals surface area contributed by atoms with Gasteiger partial charge in [-0.15, -0.1) is 0 Å². The van der Waals surface area contributed by atoms with E-state index in [1.165, 1.54) is 18.4 Å². The van der Waals surface area contributed by atoms with E-state index in [0.29, 0.717) is 30.5 Å². The van der Waals surface area contributed by atoms with Crippen molar-refractivity contribution in [2.24, 2.45) is 5.73 Å². The molecule has 25 heavy (non-hydrogen) atoms. The summed E-state index contributed by atoms with van der Waals surface area (Å²) < 4.78 is 0. The molecule has 0 unspecified atom stereocenters. The molecule has 0 bridgehead atoms. The summed E-state index contributed by atoms with van der Waals surface area (Å²) in [5, 5.41) is 9.40. The number of amides is 1. The number of nitrogens with two attached hydrogens (primary N) is 1. The first kappa shape index (κ1) is 15.8. The minimum Gasteiger partial charge on any atom is -0.370 e. The fourth-order valence-corrected chi connectivity index (χ4v) is 3.01. The van der Waals surface area contributed by atoms with Crippen molar-refractivity contribution in [3.05, 3.63) is 41.1 Å². The first-order chi connectivity index (χ1) is 12.2. The van der Waals surface area contributed by atoms with Gasteiger partial charge in [-0.1, -0.05) is 6.07 Å². The molecule has 130 valence electrons. The van der Waals surface area contributed by atoms with Crippen molar-refractivity contribution in [3.8, 4) is 0 Å². The topological polar surface area (TPSA) is 105 Å². The van der Waals surface area contributed by atoms with Crippen LogP contribution in [-0.2, 0) is 6.54 Å². The van der Waals surface area contributed by atoms with Gasteiger partial charge in [0.1, 0.15) is 5.82 Å². The smallest absolute Gasteiger partial charge is 0.251 e. The van der Waals surface area contributed by atoms with Crippen molar-refractivity contribution in [1.82, 2.24) is 15.3 Å². The van der Waals surface area contributed by atoms with E-state index in [1.54, 1.807) is 0 Å². The molecule has 0 radical (unpaired) electrons. The van der Waals surface area contributed by atoms with Crippen LogP contribution >= 0.6 is 0 Å². The van der Waals surface area contributed by atoms with E-state index in [4.69, 9.17) is 5.73 Å². The summed E-state index contributed by atoms with van der Waals surface area (Å²) in [7, 11) is 0. The Hall–Kier alpha value is -2.67. The van der Waals surface area contributed by atoms with Crippen LogP contribution < -0.4 is 21.7 Å². The summed E-state index contributed by atoms with van der Waals surface area (Å²) in [6.45, 7) is 2.04. The Morgan fingerprint density at radius 1 is 1.32 bits per heavy atom. The lowest BCUT2D eigenvalue weighted by atomic mass is 10.1. The number of nitrogens with one attached hydrogen (secondary N) is 3. The van der Waals surface area contributed by atoms with Crippen LogP contribution in [0.2, 0.25) is 0 Å². The zero-order valence-electron chi connectivity index (χ0n) is 14.0. The third-order valence-corrected chi connectivity index (χ3v) is 4.56. The molecule has 1 fully saturated rings. The van der Waals surface area contributed by atoms with Gasteiger partial charge in [-0.05, 0) is 49.4 Å². The van der Waals surface area contributed by atoms with E-state index >= 15 is 0 Å². The van der Waals surface area contributed by atoms with Crippen LogP contribution in [0.3, 0.4) is 0 Å². The number of benzene rings is 1. The van der Waals surface area contributed by atoms with Gasteiger partial charge in [-0.25, -0.2) is 4.98 Å². The predicted molar refractivity (Wildman–Crippen MR) is 97.1 cm³/mol. The molecule has 2 aromatic rings. The average molecular weight is 338 g/mol. The summed E-state index contributed by atoms with van der Waals surface area (Å²) in [5.74, 6) is 1.94. The van der Waals surface area contributed by atoms with E-state index in [2.05, 4.69) is 25.9 Å². The predicted octanol–water partition coefficient (Wildman–Crippen LogP) is 2.10. The van der Waals surface area contributed by atoms with Crippen molar-refractivity contribution in [2.45, 2.75) is 31.7 Å². The van der Waals surface area contributed by atoms with Crippen molar-refractivity contribution in [1.29, 1.82) is 0 Å². The lowest BCUT2D eigenvalue weighted by molar-refractivity contribution is 0.0966. The number of aromatic nitrogens is 2. The normalized spacial score (nSPS) is 15.6. The van der Waals surface area contributed by atoms with Gasteiger partial charge in [-0.2, -0.15) is 4.98 Å². The number of nitrogens with zero attached hydrogens (tertiary/aromatic N) is 2. The number of hydrogen-bond donors (Lipinski definition) is 4. The molecule has 0 spiro atoms. The summed E-state index contributed by atoms with van der Waals surface area (Å²) in [6.07, 6.45) is 5.19. The van der Waals surface area contributed by atoms with Crippen LogP contribution in [0.1, 0.15) is 46.7 Å². The second-order valence-corrected chi connectivity index (χ2v) is 6.52. The van der Waals surface area contributed by atoms with Gasteiger partial charge in [0, 0.05) is 36.1 Å². The molecule has 1 aliphatic carbocycles. The largest absolute Gasteiger partial charge is 0.370 e. The molecule has 1 saturated carbocycles. The quantitative estimate of drug-likeness (QED) is 0.576. The first-order valence-electron chi connectivity index (χ1n) is 8.73. The molecule has 1 aromatic heterocycles. The number of rotatable bonds is 7. The lowest BCUT2D eigenvalue weighted by Gasteiger charge is -2.12. The first-order valence-corrected chi connectivity index (χ1v) is 8.73. The maximum absolute atomic E-state index is 11.8. The highest BCUT2D eigenvalue weighted by Crippen LogP contribution is 2.42. The standard InChI is InChI=1S/C18H22N6O/c19-6-1-7-20-16-15(11-2-3-11)10-22-18(24-16)23-13-5-4-12-9-21-17(25)14(12)8-13/h4-5,8,10-11H,1-3,6-7,9,19H2,(H,21,25)(H2,20,22,23,24). The van der Waals surface area contributed by atoms with E-state index in [1.807, 2.05) is 24.4 Å². The summed E-state index contributed by atoms with van der Waals surface area (Å²) >= 11 is 0. The summed E-state index contributed by atoms with van der Waals surface area (Å²) in [6, 6.07) is 5.74. The molecule has 0 saturated heterocycles. The lowest BCUT2D eigenvalue weighted by Crippen LogP contribution is -2.12. The second-order valence-electron chi connectivity index (χ2n) is 6.52. The number of carbonyl (C=O) groups excluding carboxylic acids is 1. The third-order valence-electron chi connectivity index (χ3n) is 4.56. The maximum Gasteiger partial charge on any atom is 0.251 e. The molecular weight excluding hydrogens is 316 g/mol. The van der Waals surface area contributed by atoms with Gasteiger partial charge in [0.05, 0.1) is 0 Å². The van der Waals surface area contributed by atoms with Crippen molar-refractivity contribution < 1.29 is 4.79 Å². The minimum absolute atomic E-state index is 0.0345. The fourth-order valence-electron chi connectivity index (χ4n) is 3.01. The molecule has 2 aliphatic rings. The molecule has 7 heteroatoms. The Morgan fingerprint density at radius 3 is 3.00 bits per heavy atom. The van der Waals surface area contributed by atoms with Crippen LogP contribution in [-0.4, -0.2) is 29.0 Å². The van der Waals surface area contributed by atoms with Gasteiger partial charge in [0.2, 0.25) is 5.95 Å². The summed E-state index contributed by atoms with van der Waals surface area (Å²) in [5.41, 5.74) is 9.29. The molecule has 2 heterocycles. The van der Waals surface area contributed by atoms with Gasteiger partial charge < -0.3 is 21.7 Å². The molecule has 4 rings (SSSR count). The van der Waals surface area contributed by atoms with Crippen LogP contribution in [0.25, 0.3) is 0 Å². The Labute approximate surface area is 146 Å². The Kier molecular flexibility index (Phi) is 4.23. The average Bonchev–Trinajstić information content (AvgIpc) is 3.40. The van der Waals surface area contributed by atoms with Crippen LogP contribution in [0.15, 0.2) is 24.4 Å². The van der Waals surface area contributed by atoms with Crippen molar-refractivity contribution in [3.63, 3.8) is 0 Å². The van der Waals surface area contributed by atoms with Crippen LogP contribution in [0.4, 0.5) is 17.5 Å². The number of carbonyl (C=O) groups is 1. The van der Waals surface area contributed by atoms with E-state index in [9.17, 15) is 4.79 Å². The zero-order chi connectivity index (χ0) is 17.2. The van der Waals surface area contributed by atoms with E-state index in [-0.39, 0.29) is 5.91 Å². The van der Waals surface area contributed by atoms with Crippen LogP contribution in [0.5, 0.6) is 0 Å². The van der Waals surface area contributed by atoms with Crippen molar-refractivity contribution in [2.75, 3.05) is 23.7 Å². The summed E-state index contributed by atoms with van der Waals surface area (Å²) in [4.78, 5) is 20.9. The highest BCUT2D eigenvalue weighted by atomic mass is 16.1. The molecule has 1 aliphatic heterocycles. The number of hydrogen-bond acceptors (Lipinski definition) is 6. The van der Waals surface area contributed by atoms with E-state index < -0.39 is 0 Å². The SMILES string of the molecule is NCCCNc1nc(Nc2ccc3c(c2)C(=O)NC3)ncc1C1CC1. The third kappa shape index (κ3) is 3.41. The maximum atomic E-state index is 11.8. The number of fused-ring (bicyclic) bond motifs is 1. The monoisotopic (exact) mass is 338 g/mol. The number of anilines is 3. The molecule has 1 aromatic carbocycles. The molecule has 0 atom stereocenters. The fraction of sp³-hybridized carbons (Fsp3) is 0.389. The molecule has 5 N–H and O–H groups in total. The van der Waals surface area contributed by atoms with Crippen LogP contribution in [0, 0.1) is 0 Å². The van der Waals surface area contributed by atoms with Gasteiger partial charge >= 0.3 is 0 Å². The van der Waals surface area contributed by atoms with Crippen molar-refractivity contribution >= 4 is 23.4 Å². The van der Waals surface area contributed by atoms with Gasteiger partial charge in [0.15, 0.2) is 0 Å². The van der Waals surface area contributed by atoms with Gasteiger partial charge in [-0.3, -0.25) is 4.79 Å². The van der Waals surface area contributed by atoms with E-state index in [0.717, 1.165) is 30.0 Å². The Balaban J connectivity index is 1.55. The second kappa shape index (κ2) is 6.68. The highest BCUT2D eigenvalue weighted by Gasteiger charge is 2.27. The van der Waals surface area contributed by atoms with Gasteiger partial charge in [0.25, 0.3) is 5.91 Å². The Bertz CT molecular complexity index is 802.